The molecule has 2 aromatic carbocycles. The summed E-state index contributed by atoms with van der Waals surface area (Å²) in [5.74, 6) is 0.548. The lowest BCUT2D eigenvalue weighted by molar-refractivity contribution is 0.0515. The van der Waals surface area contributed by atoms with Crippen LogP contribution in [0.5, 0.6) is 5.75 Å². The number of aromatic nitrogens is 1. The van der Waals surface area contributed by atoms with Crippen molar-refractivity contribution in [2.24, 2.45) is 0 Å². The average Bonchev–Trinajstić information content (AvgIpc) is 3.26. The van der Waals surface area contributed by atoms with Crippen LogP contribution in [0.2, 0.25) is 0 Å². The quantitative estimate of drug-likeness (QED) is 0.643. The molecule has 1 aliphatic carbocycles. The van der Waals surface area contributed by atoms with Crippen LogP contribution < -0.4 is 4.74 Å². The molecule has 0 fully saturated rings. The van der Waals surface area contributed by atoms with Gasteiger partial charge in [-0.1, -0.05) is 30.3 Å². The number of fused-ring (bicyclic) bond motifs is 3. The SMILES string of the molecule is CCOC(=O)c1cc2c(OC)cc3c(c2n1Cc1ccccc1)CCC3. The summed E-state index contributed by atoms with van der Waals surface area (Å²) >= 11 is 0. The normalized spacial score (nSPS) is 13.0. The summed E-state index contributed by atoms with van der Waals surface area (Å²) in [4.78, 5) is 12.6. The Balaban J connectivity index is 1.97. The van der Waals surface area contributed by atoms with Crippen LogP contribution >= 0.6 is 0 Å². The fourth-order valence-corrected chi connectivity index (χ4v) is 3.97. The number of rotatable bonds is 5. The maximum Gasteiger partial charge on any atom is 0.354 e. The molecule has 0 unspecified atom stereocenters. The van der Waals surface area contributed by atoms with E-state index in [9.17, 15) is 4.79 Å². The second kappa shape index (κ2) is 6.87. The number of aryl methyl sites for hydroxylation is 2. The third kappa shape index (κ3) is 2.75. The molecule has 134 valence electrons. The van der Waals surface area contributed by atoms with E-state index in [0.29, 0.717) is 18.8 Å². The molecule has 0 radical (unpaired) electrons. The summed E-state index contributed by atoms with van der Waals surface area (Å²) in [6.07, 6.45) is 3.24. The summed E-state index contributed by atoms with van der Waals surface area (Å²) in [6, 6.07) is 14.3. The smallest absolute Gasteiger partial charge is 0.354 e. The van der Waals surface area contributed by atoms with Crippen LogP contribution in [0.15, 0.2) is 42.5 Å². The van der Waals surface area contributed by atoms with E-state index in [0.717, 1.165) is 41.5 Å². The lowest BCUT2D eigenvalue weighted by Gasteiger charge is -2.14. The van der Waals surface area contributed by atoms with Crippen LogP contribution in [0.4, 0.5) is 0 Å². The largest absolute Gasteiger partial charge is 0.496 e. The molecule has 1 aromatic heterocycles. The Morgan fingerprint density at radius 3 is 2.69 bits per heavy atom. The van der Waals surface area contributed by atoms with Gasteiger partial charge in [-0.05, 0) is 55.0 Å². The summed E-state index contributed by atoms with van der Waals surface area (Å²) in [5, 5.41) is 0.993. The number of esters is 1. The number of methoxy groups -OCH3 is 1. The molecule has 4 rings (SSSR count). The number of hydrogen-bond donors (Lipinski definition) is 0. The molecule has 0 N–H and O–H groups in total. The molecule has 0 saturated heterocycles. The zero-order valence-corrected chi connectivity index (χ0v) is 15.2. The van der Waals surface area contributed by atoms with Crippen LogP contribution in [0.3, 0.4) is 0 Å². The van der Waals surface area contributed by atoms with E-state index in [1.807, 2.05) is 31.2 Å². The van der Waals surface area contributed by atoms with E-state index >= 15 is 0 Å². The molecule has 26 heavy (non-hydrogen) atoms. The molecule has 0 saturated carbocycles. The van der Waals surface area contributed by atoms with Gasteiger partial charge >= 0.3 is 5.97 Å². The lowest BCUT2D eigenvalue weighted by Crippen LogP contribution is -2.13. The molecular formula is C22H23NO3. The highest BCUT2D eigenvalue weighted by Crippen LogP contribution is 2.38. The maximum atomic E-state index is 12.6. The van der Waals surface area contributed by atoms with Gasteiger partial charge in [0, 0.05) is 11.9 Å². The van der Waals surface area contributed by atoms with E-state index in [1.165, 1.54) is 11.1 Å². The molecule has 0 bridgehead atoms. The van der Waals surface area contributed by atoms with Crippen molar-refractivity contribution in [3.63, 3.8) is 0 Å². The van der Waals surface area contributed by atoms with Crippen molar-refractivity contribution in [3.05, 3.63) is 64.8 Å². The van der Waals surface area contributed by atoms with Crippen molar-refractivity contribution in [2.75, 3.05) is 13.7 Å². The first-order valence-corrected chi connectivity index (χ1v) is 9.16. The van der Waals surface area contributed by atoms with Gasteiger partial charge in [-0.2, -0.15) is 0 Å². The fraction of sp³-hybridized carbons (Fsp3) is 0.318. The monoisotopic (exact) mass is 349 g/mol. The first-order valence-electron chi connectivity index (χ1n) is 9.16. The topological polar surface area (TPSA) is 40.5 Å². The van der Waals surface area contributed by atoms with Gasteiger partial charge in [0.15, 0.2) is 0 Å². The average molecular weight is 349 g/mol. The zero-order valence-electron chi connectivity index (χ0n) is 15.2. The number of carbonyl (C=O) groups is 1. The van der Waals surface area contributed by atoms with E-state index in [1.54, 1.807) is 7.11 Å². The van der Waals surface area contributed by atoms with Crippen LogP contribution in [0.1, 0.15) is 40.5 Å². The van der Waals surface area contributed by atoms with E-state index in [2.05, 4.69) is 22.8 Å². The molecule has 0 spiro atoms. The second-order valence-corrected chi connectivity index (χ2v) is 6.65. The molecular weight excluding hydrogens is 326 g/mol. The minimum atomic E-state index is -0.284. The number of nitrogens with zero attached hydrogens (tertiary/aromatic N) is 1. The van der Waals surface area contributed by atoms with Gasteiger partial charge in [-0.15, -0.1) is 0 Å². The van der Waals surface area contributed by atoms with Crippen molar-refractivity contribution in [1.82, 2.24) is 4.57 Å². The Hall–Kier alpha value is -2.75. The van der Waals surface area contributed by atoms with Gasteiger partial charge in [-0.3, -0.25) is 0 Å². The first kappa shape index (κ1) is 16.7. The Morgan fingerprint density at radius 2 is 1.96 bits per heavy atom. The molecule has 0 amide bonds. The third-order valence-electron chi connectivity index (χ3n) is 5.10. The first-order chi connectivity index (χ1) is 12.7. The maximum absolute atomic E-state index is 12.6. The summed E-state index contributed by atoms with van der Waals surface area (Å²) in [5.41, 5.74) is 5.53. The number of benzene rings is 2. The van der Waals surface area contributed by atoms with Crippen molar-refractivity contribution < 1.29 is 14.3 Å². The summed E-state index contributed by atoms with van der Waals surface area (Å²) < 4.78 is 13.1. The number of hydrogen-bond acceptors (Lipinski definition) is 3. The Kier molecular flexibility index (Phi) is 4.41. The van der Waals surface area contributed by atoms with Gasteiger partial charge in [0.25, 0.3) is 0 Å². The van der Waals surface area contributed by atoms with Gasteiger partial charge in [-0.25, -0.2) is 4.79 Å². The van der Waals surface area contributed by atoms with Gasteiger partial charge in [0.05, 0.1) is 19.2 Å². The molecule has 1 heterocycles. The van der Waals surface area contributed by atoms with E-state index in [4.69, 9.17) is 9.47 Å². The zero-order chi connectivity index (χ0) is 18.1. The van der Waals surface area contributed by atoms with E-state index < -0.39 is 0 Å². The Labute approximate surface area is 153 Å². The standard InChI is InChI=1S/C22H23NO3/c1-3-26-22(24)19-13-18-20(25-2)12-16-10-7-11-17(16)21(18)23(19)14-15-8-5-4-6-9-15/h4-6,8-9,12-13H,3,7,10-11,14H2,1-2H3. The van der Waals surface area contributed by atoms with E-state index in [-0.39, 0.29) is 5.97 Å². The number of ether oxygens (including phenoxy) is 2. The van der Waals surface area contributed by atoms with Gasteiger partial charge in [0.1, 0.15) is 11.4 Å². The summed E-state index contributed by atoms with van der Waals surface area (Å²) in [6.45, 7) is 2.83. The molecule has 0 aliphatic heterocycles. The Bertz CT molecular complexity index is 957. The molecule has 4 heteroatoms. The second-order valence-electron chi connectivity index (χ2n) is 6.65. The van der Waals surface area contributed by atoms with Crippen LogP contribution in [-0.2, 0) is 24.1 Å². The highest BCUT2D eigenvalue weighted by molar-refractivity contribution is 6.00. The fourth-order valence-electron chi connectivity index (χ4n) is 3.97. The summed E-state index contributed by atoms with van der Waals surface area (Å²) in [7, 11) is 1.69. The van der Waals surface area contributed by atoms with Crippen LogP contribution in [0, 0.1) is 0 Å². The predicted octanol–water partition coefficient (Wildman–Crippen LogP) is 4.36. The third-order valence-corrected chi connectivity index (χ3v) is 5.10. The van der Waals surface area contributed by atoms with Gasteiger partial charge in [0.2, 0.25) is 0 Å². The van der Waals surface area contributed by atoms with Crippen LogP contribution in [0.25, 0.3) is 10.9 Å². The molecule has 3 aromatic rings. The highest BCUT2D eigenvalue weighted by Gasteiger charge is 2.25. The minimum absolute atomic E-state index is 0.284. The van der Waals surface area contributed by atoms with Crippen molar-refractivity contribution in [3.8, 4) is 5.75 Å². The van der Waals surface area contributed by atoms with Crippen molar-refractivity contribution >= 4 is 16.9 Å². The van der Waals surface area contributed by atoms with Crippen molar-refractivity contribution in [2.45, 2.75) is 32.7 Å². The van der Waals surface area contributed by atoms with Crippen molar-refractivity contribution in [1.29, 1.82) is 0 Å². The molecule has 0 atom stereocenters. The predicted molar refractivity (Wildman–Crippen MR) is 102 cm³/mol. The molecule has 4 nitrogen and oxygen atoms in total. The number of carbonyl (C=O) groups excluding carboxylic acids is 1. The molecule has 1 aliphatic rings. The lowest BCUT2D eigenvalue weighted by atomic mass is 10.1. The minimum Gasteiger partial charge on any atom is -0.496 e. The van der Waals surface area contributed by atoms with Crippen LogP contribution in [-0.4, -0.2) is 24.3 Å². The Morgan fingerprint density at radius 1 is 1.15 bits per heavy atom. The van der Waals surface area contributed by atoms with Gasteiger partial charge < -0.3 is 14.0 Å². The highest BCUT2D eigenvalue weighted by atomic mass is 16.5.